The molecule has 3 fully saturated rings. The normalized spacial score (nSPS) is 20.5. The Kier molecular flexibility index (Phi) is 9.74. The molecule has 2 aromatic rings. The second kappa shape index (κ2) is 12.9. The number of halogens is 1. The van der Waals surface area contributed by atoms with Gasteiger partial charge in [-0.2, -0.15) is 5.26 Å². The van der Waals surface area contributed by atoms with Gasteiger partial charge in [0.25, 0.3) is 5.91 Å². The Morgan fingerprint density at radius 2 is 1.55 bits per heavy atom. The lowest BCUT2D eigenvalue weighted by Gasteiger charge is -2.57. The minimum Gasteiger partial charge on any atom is -0.508 e. The van der Waals surface area contributed by atoms with Gasteiger partial charge in [0.1, 0.15) is 11.8 Å². The zero-order chi connectivity index (χ0) is 30.7. The number of anilines is 1. The quantitative estimate of drug-likeness (QED) is 0.439. The van der Waals surface area contributed by atoms with Gasteiger partial charge in [-0.15, -0.1) is 0 Å². The SMILES string of the molecule is CC1(C)CC(C)(C)C1NC(=O)c1ccc(N2CCC(C(=O)N3CCC(O)CC3)CC2)cc1.N#Cc1ccc(O)cc1Cl. The van der Waals surface area contributed by atoms with Crippen molar-refractivity contribution in [3.05, 3.63) is 58.6 Å². The number of carbonyl (C=O) groups is 2. The van der Waals surface area contributed by atoms with Crippen molar-refractivity contribution in [2.75, 3.05) is 31.1 Å². The topological polar surface area (TPSA) is 117 Å². The minimum atomic E-state index is -0.252. The zero-order valence-corrected chi connectivity index (χ0v) is 25.8. The van der Waals surface area contributed by atoms with Crippen LogP contribution >= 0.6 is 11.6 Å². The minimum absolute atomic E-state index is 0.00152. The Labute approximate surface area is 254 Å². The maximum atomic E-state index is 12.8. The summed E-state index contributed by atoms with van der Waals surface area (Å²) in [5.41, 5.74) is 2.45. The molecular formula is C33H43ClN4O4. The first-order valence-electron chi connectivity index (χ1n) is 14.8. The Hall–Kier alpha value is -3.28. The average Bonchev–Trinajstić information content (AvgIpc) is 2.96. The van der Waals surface area contributed by atoms with Crippen molar-refractivity contribution in [2.45, 2.75) is 71.9 Å². The van der Waals surface area contributed by atoms with E-state index in [2.05, 4.69) is 37.9 Å². The summed E-state index contributed by atoms with van der Waals surface area (Å²) in [5, 5.41) is 30.4. The van der Waals surface area contributed by atoms with Gasteiger partial charge in [0.15, 0.2) is 0 Å². The molecule has 42 heavy (non-hydrogen) atoms. The van der Waals surface area contributed by atoms with Crippen molar-refractivity contribution >= 4 is 29.1 Å². The predicted molar refractivity (Wildman–Crippen MR) is 164 cm³/mol. The van der Waals surface area contributed by atoms with E-state index in [0.717, 1.165) is 38.0 Å². The number of nitrogens with one attached hydrogen (secondary N) is 1. The van der Waals surface area contributed by atoms with Crippen molar-refractivity contribution in [2.24, 2.45) is 16.7 Å². The highest BCUT2D eigenvalue weighted by atomic mass is 35.5. The number of nitriles is 1. The molecule has 2 heterocycles. The largest absolute Gasteiger partial charge is 0.508 e. The summed E-state index contributed by atoms with van der Waals surface area (Å²) in [6.45, 7) is 11.9. The lowest BCUT2D eigenvalue weighted by Crippen LogP contribution is -2.63. The van der Waals surface area contributed by atoms with Gasteiger partial charge >= 0.3 is 0 Å². The average molecular weight is 595 g/mol. The molecule has 0 atom stereocenters. The van der Waals surface area contributed by atoms with Crippen LogP contribution < -0.4 is 10.2 Å². The molecule has 2 amide bonds. The van der Waals surface area contributed by atoms with Gasteiger partial charge < -0.3 is 25.3 Å². The first-order valence-corrected chi connectivity index (χ1v) is 15.2. The molecule has 226 valence electrons. The summed E-state index contributed by atoms with van der Waals surface area (Å²) in [5.74, 6) is 0.411. The van der Waals surface area contributed by atoms with E-state index in [1.54, 1.807) is 0 Å². The molecule has 0 aromatic heterocycles. The Morgan fingerprint density at radius 3 is 2.07 bits per heavy atom. The molecule has 8 nitrogen and oxygen atoms in total. The fourth-order valence-electron chi connectivity index (χ4n) is 7.06. The molecule has 2 aliphatic heterocycles. The third-order valence-electron chi connectivity index (χ3n) is 8.94. The number of likely N-dealkylation sites (tertiary alicyclic amines) is 1. The number of aliphatic hydroxyl groups excluding tert-OH is 1. The Morgan fingerprint density at radius 1 is 0.952 bits per heavy atom. The van der Waals surface area contributed by atoms with Gasteiger partial charge in [-0.25, -0.2) is 0 Å². The molecule has 1 saturated carbocycles. The molecule has 3 N–H and O–H groups in total. The van der Waals surface area contributed by atoms with E-state index in [1.165, 1.54) is 18.2 Å². The summed E-state index contributed by atoms with van der Waals surface area (Å²) >= 11 is 5.55. The highest BCUT2D eigenvalue weighted by Gasteiger charge is 2.53. The Balaban J connectivity index is 0.000000343. The van der Waals surface area contributed by atoms with E-state index in [-0.39, 0.29) is 51.5 Å². The number of phenols is 1. The molecular weight excluding hydrogens is 552 g/mol. The number of carbonyl (C=O) groups excluding carboxylic acids is 2. The van der Waals surface area contributed by atoms with Crippen LogP contribution in [0.3, 0.4) is 0 Å². The molecule has 9 heteroatoms. The summed E-state index contributed by atoms with van der Waals surface area (Å²) in [7, 11) is 0. The number of phenolic OH excluding ortho intramolecular Hbond substituents is 1. The number of benzene rings is 2. The van der Waals surface area contributed by atoms with E-state index < -0.39 is 0 Å². The Bertz CT molecular complexity index is 1290. The number of piperidine rings is 2. The molecule has 3 aliphatic rings. The molecule has 0 spiro atoms. The van der Waals surface area contributed by atoms with Crippen LogP contribution in [0.4, 0.5) is 5.69 Å². The van der Waals surface area contributed by atoms with Crippen LogP contribution in [0.2, 0.25) is 5.02 Å². The number of hydrogen-bond acceptors (Lipinski definition) is 6. The number of rotatable bonds is 4. The number of aliphatic hydroxyl groups is 1. The first kappa shape index (κ1) is 31.7. The standard InChI is InChI=1S/C26H39N3O3.C7H4ClNO/c1-25(2)17-26(3,4)24(25)27-22(31)18-5-7-20(8-6-18)28-13-9-19(10-14-28)23(32)29-15-11-21(30)12-16-29;8-7-3-6(10)2-1-5(7)4-9/h5-8,19,21,24,30H,9-17H2,1-4H3,(H,27,31);1-3,10H. The van der Waals surface area contributed by atoms with Crippen molar-refractivity contribution < 1.29 is 19.8 Å². The van der Waals surface area contributed by atoms with Gasteiger partial charge in [-0.1, -0.05) is 39.3 Å². The third-order valence-corrected chi connectivity index (χ3v) is 9.25. The number of amides is 2. The molecule has 0 bridgehead atoms. The van der Waals surface area contributed by atoms with E-state index in [9.17, 15) is 14.7 Å². The van der Waals surface area contributed by atoms with Crippen molar-refractivity contribution in [1.29, 1.82) is 5.26 Å². The highest BCUT2D eigenvalue weighted by Crippen LogP contribution is 2.53. The molecule has 2 aromatic carbocycles. The summed E-state index contributed by atoms with van der Waals surface area (Å²) in [4.78, 5) is 29.9. The number of nitrogens with zero attached hydrogens (tertiary/aromatic N) is 3. The zero-order valence-electron chi connectivity index (χ0n) is 25.1. The molecule has 0 radical (unpaired) electrons. The van der Waals surface area contributed by atoms with E-state index in [0.29, 0.717) is 37.1 Å². The molecule has 2 saturated heterocycles. The van der Waals surface area contributed by atoms with Gasteiger partial charge in [-0.3, -0.25) is 9.59 Å². The fraction of sp³-hybridized carbons (Fsp3) is 0.545. The van der Waals surface area contributed by atoms with Crippen molar-refractivity contribution in [3.63, 3.8) is 0 Å². The maximum Gasteiger partial charge on any atom is 0.251 e. The smallest absolute Gasteiger partial charge is 0.251 e. The molecule has 1 aliphatic carbocycles. The summed E-state index contributed by atoms with van der Waals surface area (Å²) < 4.78 is 0. The van der Waals surface area contributed by atoms with Crippen LogP contribution in [-0.4, -0.2) is 65.3 Å². The van der Waals surface area contributed by atoms with Crippen LogP contribution in [-0.2, 0) is 4.79 Å². The van der Waals surface area contributed by atoms with E-state index >= 15 is 0 Å². The second-order valence-electron chi connectivity index (χ2n) is 13.2. The lowest BCUT2D eigenvalue weighted by atomic mass is 9.52. The maximum absolute atomic E-state index is 12.8. The van der Waals surface area contributed by atoms with Gasteiger partial charge in [0, 0.05) is 49.4 Å². The van der Waals surface area contributed by atoms with Gasteiger partial charge in [0.2, 0.25) is 5.91 Å². The fourth-order valence-corrected chi connectivity index (χ4v) is 7.27. The number of hydrogen-bond donors (Lipinski definition) is 3. The lowest BCUT2D eigenvalue weighted by molar-refractivity contribution is -0.138. The molecule has 5 rings (SSSR count). The van der Waals surface area contributed by atoms with Crippen LogP contribution in [0.25, 0.3) is 0 Å². The van der Waals surface area contributed by atoms with Crippen molar-refractivity contribution in [3.8, 4) is 11.8 Å². The first-order chi connectivity index (χ1) is 19.8. The van der Waals surface area contributed by atoms with Crippen molar-refractivity contribution in [1.82, 2.24) is 10.2 Å². The molecule has 0 unspecified atom stereocenters. The van der Waals surface area contributed by atoms with Gasteiger partial charge in [0.05, 0.1) is 16.7 Å². The summed E-state index contributed by atoms with van der Waals surface area (Å²) in [6, 6.07) is 14.2. The van der Waals surface area contributed by atoms with E-state index in [4.69, 9.17) is 22.0 Å². The van der Waals surface area contributed by atoms with Crippen LogP contribution in [0, 0.1) is 28.1 Å². The number of aromatic hydroxyl groups is 1. The third kappa shape index (κ3) is 7.37. The van der Waals surface area contributed by atoms with Crippen LogP contribution in [0.5, 0.6) is 5.75 Å². The van der Waals surface area contributed by atoms with Gasteiger partial charge in [-0.05, 0) is 85.4 Å². The monoisotopic (exact) mass is 594 g/mol. The van der Waals surface area contributed by atoms with E-state index in [1.807, 2.05) is 35.2 Å². The summed E-state index contributed by atoms with van der Waals surface area (Å²) in [6.07, 6.45) is 3.96. The van der Waals surface area contributed by atoms with Crippen LogP contribution in [0.1, 0.15) is 75.7 Å². The van der Waals surface area contributed by atoms with Crippen LogP contribution in [0.15, 0.2) is 42.5 Å². The highest BCUT2D eigenvalue weighted by molar-refractivity contribution is 6.31. The predicted octanol–water partition coefficient (Wildman–Crippen LogP) is 5.36. The second-order valence-corrected chi connectivity index (χ2v) is 13.6.